The van der Waals surface area contributed by atoms with Gasteiger partial charge in [-0.05, 0) is 24.6 Å². The Labute approximate surface area is 134 Å². The van der Waals surface area contributed by atoms with Crippen LogP contribution in [0, 0.1) is 0 Å². The van der Waals surface area contributed by atoms with Crippen LogP contribution in [-0.2, 0) is 9.53 Å². The molecule has 3 rings (SSSR count). The number of phenolic OH excluding ortho intramolecular Hbond substituents is 1. The van der Waals surface area contributed by atoms with E-state index in [1.807, 2.05) is 30.3 Å². The smallest absolute Gasteiger partial charge is 0.340 e. The number of benzene rings is 2. The first-order valence-electron chi connectivity index (χ1n) is 7.35. The Bertz CT molecular complexity index is 768. The van der Waals surface area contributed by atoms with Gasteiger partial charge >= 0.3 is 5.97 Å². The van der Waals surface area contributed by atoms with Crippen molar-refractivity contribution in [3.8, 4) is 11.5 Å². The molecule has 1 aliphatic heterocycles. The van der Waals surface area contributed by atoms with Crippen molar-refractivity contribution in [3.63, 3.8) is 0 Å². The van der Waals surface area contributed by atoms with Crippen LogP contribution in [0.3, 0.4) is 0 Å². The van der Waals surface area contributed by atoms with Gasteiger partial charge in [0.15, 0.2) is 0 Å². The summed E-state index contributed by atoms with van der Waals surface area (Å²) in [5.74, 6) is -0.613. The van der Waals surface area contributed by atoms with E-state index >= 15 is 0 Å². The maximum Gasteiger partial charge on any atom is 0.340 e. The molecule has 5 heteroatoms. The molecule has 0 aliphatic carbocycles. The lowest BCUT2D eigenvalue weighted by Gasteiger charge is -2.28. The van der Waals surface area contributed by atoms with E-state index in [1.54, 1.807) is 25.1 Å². The van der Waals surface area contributed by atoms with Gasteiger partial charge in [-0.1, -0.05) is 36.4 Å². The van der Waals surface area contributed by atoms with E-state index in [0.29, 0.717) is 11.3 Å². The molecule has 23 heavy (non-hydrogen) atoms. The summed E-state index contributed by atoms with van der Waals surface area (Å²) in [4.78, 5) is 12.4. The zero-order valence-corrected chi connectivity index (χ0v) is 12.7. The summed E-state index contributed by atoms with van der Waals surface area (Å²) < 4.78 is 10.7. The lowest BCUT2D eigenvalue weighted by molar-refractivity contribution is -0.139. The van der Waals surface area contributed by atoms with Crippen molar-refractivity contribution in [2.24, 2.45) is 5.73 Å². The molecule has 0 spiro atoms. The molecule has 118 valence electrons. The molecule has 0 fully saturated rings. The highest BCUT2D eigenvalue weighted by atomic mass is 16.5. The van der Waals surface area contributed by atoms with Crippen molar-refractivity contribution in [1.82, 2.24) is 0 Å². The number of fused-ring (bicyclic) bond motifs is 1. The average molecular weight is 311 g/mol. The maximum absolute atomic E-state index is 12.4. The Balaban J connectivity index is 2.22. The molecule has 0 aromatic heterocycles. The van der Waals surface area contributed by atoms with Gasteiger partial charge in [0, 0.05) is 5.56 Å². The zero-order valence-electron chi connectivity index (χ0n) is 12.7. The lowest BCUT2D eigenvalue weighted by Crippen LogP contribution is -2.27. The normalized spacial score (nSPS) is 16.5. The highest BCUT2D eigenvalue weighted by molar-refractivity contribution is 5.93. The van der Waals surface area contributed by atoms with E-state index in [9.17, 15) is 9.90 Å². The van der Waals surface area contributed by atoms with Gasteiger partial charge in [0.2, 0.25) is 5.88 Å². The van der Waals surface area contributed by atoms with E-state index in [4.69, 9.17) is 15.2 Å². The molecule has 1 atom stereocenters. The van der Waals surface area contributed by atoms with E-state index in [1.165, 1.54) is 0 Å². The Kier molecular flexibility index (Phi) is 3.93. The number of esters is 1. The monoisotopic (exact) mass is 311 g/mol. The van der Waals surface area contributed by atoms with Crippen molar-refractivity contribution in [2.75, 3.05) is 6.61 Å². The third-order valence-corrected chi connectivity index (χ3v) is 3.73. The second-order valence-corrected chi connectivity index (χ2v) is 5.13. The molecule has 0 saturated heterocycles. The molecule has 1 aliphatic rings. The van der Waals surface area contributed by atoms with Crippen molar-refractivity contribution in [3.05, 3.63) is 71.1 Å². The summed E-state index contributed by atoms with van der Waals surface area (Å²) in [5, 5.41) is 10.3. The van der Waals surface area contributed by atoms with Gasteiger partial charge in [0.05, 0.1) is 12.5 Å². The number of nitrogens with two attached hydrogens (primary N) is 1. The lowest BCUT2D eigenvalue weighted by atomic mass is 9.82. The zero-order chi connectivity index (χ0) is 16.4. The molecular weight excluding hydrogens is 294 g/mol. The van der Waals surface area contributed by atoms with Gasteiger partial charge in [0.1, 0.15) is 17.1 Å². The first-order chi connectivity index (χ1) is 11.1. The fourth-order valence-electron chi connectivity index (χ4n) is 2.78. The number of hydrogen-bond donors (Lipinski definition) is 2. The molecule has 2 aromatic rings. The Morgan fingerprint density at radius 2 is 1.96 bits per heavy atom. The van der Waals surface area contributed by atoms with Crippen LogP contribution < -0.4 is 10.5 Å². The van der Waals surface area contributed by atoms with Crippen molar-refractivity contribution in [1.29, 1.82) is 0 Å². The van der Waals surface area contributed by atoms with Gasteiger partial charge in [-0.15, -0.1) is 0 Å². The van der Waals surface area contributed by atoms with Crippen molar-refractivity contribution < 1.29 is 19.4 Å². The third-order valence-electron chi connectivity index (χ3n) is 3.73. The minimum absolute atomic E-state index is 0.00426. The van der Waals surface area contributed by atoms with E-state index in [2.05, 4.69) is 0 Å². The largest absolute Gasteiger partial charge is 0.507 e. The van der Waals surface area contributed by atoms with Gasteiger partial charge in [-0.3, -0.25) is 0 Å². The van der Waals surface area contributed by atoms with Gasteiger partial charge in [-0.2, -0.15) is 0 Å². The summed E-state index contributed by atoms with van der Waals surface area (Å²) in [6.07, 6.45) is 0. The fraction of sp³-hybridized carbons (Fsp3) is 0.167. The standard InChI is InChI=1S/C18H17NO4/c1-2-22-18(21)16-14(11-7-4-3-5-8-11)15-12(20)9-6-10-13(15)23-17(16)19/h3-10,14,20H,2,19H2,1H3. The first-order valence-corrected chi connectivity index (χ1v) is 7.35. The maximum atomic E-state index is 12.4. The van der Waals surface area contributed by atoms with Crippen LogP contribution in [0.25, 0.3) is 0 Å². The van der Waals surface area contributed by atoms with Crippen LogP contribution >= 0.6 is 0 Å². The predicted molar refractivity (Wildman–Crippen MR) is 84.9 cm³/mol. The molecule has 1 heterocycles. The van der Waals surface area contributed by atoms with Crippen LogP contribution in [0.4, 0.5) is 0 Å². The quantitative estimate of drug-likeness (QED) is 0.852. The molecule has 0 saturated carbocycles. The number of ether oxygens (including phenoxy) is 2. The molecule has 5 nitrogen and oxygen atoms in total. The Morgan fingerprint density at radius 3 is 2.65 bits per heavy atom. The number of phenols is 1. The number of aromatic hydroxyl groups is 1. The molecule has 0 amide bonds. The molecule has 0 bridgehead atoms. The van der Waals surface area contributed by atoms with E-state index < -0.39 is 11.9 Å². The summed E-state index contributed by atoms with van der Waals surface area (Å²) >= 11 is 0. The summed E-state index contributed by atoms with van der Waals surface area (Å²) in [6.45, 7) is 1.95. The minimum Gasteiger partial charge on any atom is -0.507 e. The molecule has 1 unspecified atom stereocenters. The van der Waals surface area contributed by atoms with Gasteiger partial charge < -0.3 is 20.3 Å². The van der Waals surface area contributed by atoms with Gasteiger partial charge in [-0.25, -0.2) is 4.79 Å². The molecule has 2 aromatic carbocycles. The van der Waals surface area contributed by atoms with E-state index in [0.717, 1.165) is 5.56 Å². The van der Waals surface area contributed by atoms with Crippen LogP contribution in [-0.4, -0.2) is 17.7 Å². The number of carbonyl (C=O) groups excluding carboxylic acids is 1. The fourth-order valence-corrected chi connectivity index (χ4v) is 2.78. The predicted octanol–water partition coefficient (Wildman–Crippen LogP) is 2.65. The highest BCUT2D eigenvalue weighted by Crippen LogP contribution is 2.46. The third kappa shape index (κ3) is 2.61. The molecular formula is C18H17NO4. The average Bonchev–Trinajstić information content (AvgIpc) is 2.54. The van der Waals surface area contributed by atoms with Crippen LogP contribution in [0.1, 0.15) is 24.0 Å². The number of hydrogen-bond acceptors (Lipinski definition) is 5. The summed E-state index contributed by atoms with van der Waals surface area (Å²) in [6, 6.07) is 14.3. The topological polar surface area (TPSA) is 81.8 Å². The first kappa shape index (κ1) is 15.0. The van der Waals surface area contributed by atoms with Crippen molar-refractivity contribution >= 4 is 5.97 Å². The second kappa shape index (κ2) is 6.04. The minimum atomic E-state index is -0.548. The van der Waals surface area contributed by atoms with Crippen molar-refractivity contribution in [2.45, 2.75) is 12.8 Å². The summed E-state index contributed by atoms with van der Waals surface area (Å²) in [7, 11) is 0. The van der Waals surface area contributed by atoms with Gasteiger partial charge in [0.25, 0.3) is 0 Å². The summed E-state index contributed by atoms with van der Waals surface area (Å²) in [5.41, 5.74) is 7.51. The Morgan fingerprint density at radius 1 is 1.22 bits per heavy atom. The number of rotatable bonds is 3. The highest BCUT2D eigenvalue weighted by Gasteiger charge is 2.37. The SMILES string of the molecule is CCOC(=O)C1=C(N)Oc2cccc(O)c2C1c1ccccc1. The van der Waals surface area contributed by atoms with Crippen LogP contribution in [0.5, 0.6) is 11.5 Å². The molecule has 0 radical (unpaired) electrons. The van der Waals surface area contributed by atoms with Crippen LogP contribution in [0.2, 0.25) is 0 Å². The number of carbonyl (C=O) groups is 1. The Hall–Kier alpha value is -2.95. The second-order valence-electron chi connectivity index (χ2n) is 5.13. The van der Waals surface area contributed by atoms with Crippen LogP contribution in [0.15, 0.2) is 60.0 Å². The van der Waals surface area contributed by atoms with E-state index in [-0.39, 0.29) is 23.8 Å². The molecule has 3 N–H and O–H groups in total.